The van der Waals surface area contributed by atoms with E-state index in [0.29, 0.717) is 24.5 Å². The molecule has 4 aromatic rings. The fourth-order valence-electron chi connectivity index (χ4n) is 3.13. The first kappa shape index (κ1) is 17.9. The Morgan fingerprint density at radius 3 is 2.43 bits per heavy atom. The predicted octanol–water partition coefficient (Wildman–Crippen LogP) is 3.49. The van der Waals surface area contributed by atoms with E-state index in [9.17, 15) is 4.79 Å². The van der Waals surface area contributed by atoms with E-state index >= 15 is 0 Å². The lowest BCUT2D eigenvalue weighted by Crippen LogP contribution is -2.12. The molecule has 0 saturated heterocycles. The highest BCUT2D eigenvalue weighted by Crippen LogP contribution is 2.22. The molecule has 0 atom stereocenters. The molecular formula is C22H20N4O2. The van der Waals surface area contributed by atoms with E-state index in [1.807, 2.05) is 54.6 Å². The average molecular weight is 372 g/mol. The quantitative estimate of drug-likeness (QED) is 0.485. The highest BCUT2D eigenvalue weighted by molar-refractivity contribution is 5.72. The molecule has 0 bridgehead atoms. The van der Waals surface area contributed by atoms with Crippen LogP contribution in [0.5, 0.6) is 0 Å². The van der Waals surface area contributed by atoms with Crippen molar-refractivity contribution in [3.63, 3.8) is 0 Å². The van der Waals surface area contributed by atoms with Gasteiger partial charge in [-0.25, -0.2) is 0 Å². The Hall–Kier alpha value is -3.54. The molecule has 2 aromatic heterocycles. The smallest absolute Gasteiger partial charge is 0.313 e. The van der Waals surface area contributed by atoms with Gasteiger partial charge in [-0.1, -0.05) is 60.7 Å². The van der Waals surface area contributed by atoms with Crippen LogP contribution in [0.2, 0.25) is 0 Å². The van der Waals surface area contributed by atoms with E-state index < -0.39 is 0 Å². The first-order valence-electron chi connectivity index (χ1n) is 9.23. The molecule has 0 amide bonds. The molecule has 0 aliphatic heterocycles. The van der Waals surface area contributed by atoms with Crippen LogP contribution in [-0.4, -0.2) is 32.4 Å². The van der Waals surface area contributed by atoms with Crippen molar-refractivity contribution in [3.05, 3.63) is 83.7 Å². The van der Waals surface area contributed by atoms with Gasteiger partial charge in [0.2, 0.25) is 0 Å². The third-order valence-corrected chi connectivity index (χ3v) is 4.43. The molecule has 0 radical (unpaired) electrons. The highest BCUT2D eigenvalue weighted by atomic mass is 16.5. The number of carbonyl (C=O) groups is 1. The lowest BCUT2D eigenvalue weighted by atomic mass is 10.0. The number of fused-ring (bicyclic) bond motifs is 1. The number of hydrogen-bond acceptors (Lipinski definition) is 5. The van der Waals surface area contributed by atoms with Gasteiger partial charge >= 0.3 is 5.97 Å². The van der Waals surface area contributed by atoms with E-state index in [4.69, 9.17) is 9.84 Å². The van der Waals surface area contributed by atoms with Crippen LogP contribution in [-0.2, 0) is 22.4 Å². The summed E-state index contributed by atoms with van der Waals surface area (Å²) in [6, 6.07) is 22.2. The van der Waals surface area contributed by atoms with Crippen LogP contribution in [0.4, 0.5) is 0 Å². The molecule has 2 aromatic carbocycles. The first-order valence-corrected chi connectivity index (χ1v) is 9.23. The van der Waals surface area contributed by atoms with Gasteiger partial charge < -0.3 is 4.74 Å². The summed E-state index contributed by atoms with van der Waals surface area (Å²) < 4.78 is 6.72. The summed E-state index contributed by atoms with van der Waals surface area (Å²) in [7, 11) is 0. The summed E-state index contributed by atoms with van der Waals surface area (Å²) >= 11 is 0. The lowest BCUT2D eigenvalue weighted by molar-refractivity contribution is -0.142. The normalized spacial score (nSPS) is 10.9. The third kappa shape index (κ3) is 3.76. The van der Waals surface area contributed by atoms with Gasteiger partial charge in [0.15, 0.2) is 11.5 Å². The minimum absolute atomic E-state index is 0.0328. The number of nitrogens with zero attached hydrogens (tertiary/aromatic N) is 4. The van der Waals surface area contributed by atoms with Crippen molar-refractivity contribution >= 4 is 11.6 Å². The fourth-order valence-corrected chi connectivity index (χ4v) is 3.13. The molecule has 0 spiro atoms. The monoisotopic (exact) mass is 372 g/mol. The first-order chi connectivity index (χ1) is 13.7. The molecular weight excluding hydrogens is 352 g/mol. The summed E-state index contributed by atoms with van der Waals surface area (Å²) in [5.74, 6) is 0.133. The van der Waals surface area contributed by atoms with Crippen LogP contribution in [0.15, 0.2) is 66.7 Å². The second-order valence-electron chi connectivity index (χ2n) is 6.42. The van der Waals surface area contributed by atoms with Gasteiger partial charge in [0.25, 0.3) is 0 Å². The zero-order valence-electron chi connectivity index (χ0n) is 15.6. The highest BCUT2D eigenvalue weighted by Gasteiger charge is 2.17. The zero-order chi connectivity index (χ0) is 19.3. The Morgan fingerprint density at radius 2 is 1.71 bits per heavy atom. The van der Waals surface area contributed by atoms with Crippen LogP contribution in [0.1, 0.15) is 23.9 Å². The largest absolute Gasteiger partial charge is 0.466 e. The fraction of sp³-hybridized carbons (Fsp3) is 0.182. The SMILES string of the molecule is CCOC(=O)Cc1nnc2c(Cc3ccccc3)cc(-c3ccccc3)nn12. The molecule has 4 rings (SSSR count). The molecule has 0 unspecified atom stereocenters. The van der Waals surface area contributed by atoms with Crippen molar-refractivity contribution in [3.8, 4) is 11.3 Å². The van der Waals surface area contributed by atoms with Gasteiger partial charge in [0.05, 0.1) is 12.3 Å². The van der Waals surface area contributed by atoms with Gasteiger partial charge in [0.1, 0.15) is 6.42 Å². The van der Waals surface area contributed by atoms with E-state index in [2.05, 4.69) is 22.3 Å². The summed E-state index contributed by atoms with van der Waals surface area (Å²) in [4.78, 5) is 12.0. The molecule has 6 heteroatoms. The molecule has 6 nitrogen and oxygen atoms in total. The van der Waals surface area contributed by atoms with Crippen LogP contribution < -0.4 is 0 Å². The Morgan fingerprint density at radius 1 is 1.00 bits per heavy atom. The van der Waals surface area contributed by atoms with E-state index in [1.54, 1.807) is 11.4 Å². The molecule has 0 saturated carbocycles. The van der Waals surface area contributed by atoms with Gasteiger partial charge in [0, 0.05) is 17.5 Å². The lowest BCUT2D eigenvalue weighted by Gasteiger charge is -2.08. The van der Waals surface area contributed by atoms with Crippen LogP contribution in [0.25, 0.3) is 16.9 Å². The van der Waals surface area contributed by atoms with Gasteiger partial charge in [-0.3, -0.25) is 4.79 Å². The maximum atomic E-state index is 12.0. The van der Waals surface area contributed by atoms with Gasteiger partial charge in [-0.2, -0.15) is 9.61 Å². The summed E-state index contributed by atoms with van der Waals surface area (Å²) in [6.45, 7) is 2.11. The van der Waals surface area contributed by atoms with Crippen LogP contribution in [0, 0.1) is 0 Å². The molecule has 0 aliphatic carbocycles. The average Bonchev–Trinajstić information content (AvgIpc) is 3.12. The number of carbonyl (C=O) groups excluding carboxylic acids is 1. The van der Waals surface area contributed by atoms with E-state index in [-0.39, 0.29) is 12.4 Å². The summed E-state index contributed by atoms with van der Waals surface area (Å²) in [5.41, 5.74) is 4.63. The van der Waals surface area contributed by atoms with Crippen molar-refractivity contribution in [1.29, 1.82) is 0 Å². The minimum Gasteiger partial charge on any atom is -0.466 e. The molecule has 0 aliphatic rings. The predicted molar refractivity (Wildman–Crippen MR) is 106 cm³/mol. The topological polar surface area (TPSA) is 69.4 Å². The standard InChI is InChI=1S/C22H20N4O2/c1-2-28-21(27)15-20-23-24-22-18(13-16-9-5-3-6-10-16)14-19(25-26(20)22)17-11-7-4-8-12-17/h3-12,14H,2,13,15H2,1H3. The van der Waals surface area contributed by atoms with Gasteiger partial charge in [-0.15, -0.1) is 10.2 Å². The summed E-state index contributed by atoms with van der Waals surface area (Å²) in [6.07, 6.45) is 0.731. The molecule has 0 N–H and O–H groups in total. The van der Waals surface area contributed by atoms with Crippen molar-refractivity contribution in [2.75, 3.05) is 6.61 Å². The van der Waals surface area contributed by atoms with Crippen molar-refractivity contribution in [2.24, 2.45) is 0 Å². The molecule has 0 fully saturated rings. The minimum atomic E-state index is -0.340. The number of esters is 1. The Labute approximate surface area is 162 Å². The van der Waals surface area contributed by atoms with Crippen molar-refractivity contribution < 1.29 is 9.53 Å². The summed E-state index contributed by atoms with van der Waals surface area (Å²) in [5, 5.41) is 13.2. The van der Waals surface area contributed by atoms with E-state index in [0.717, 1.165) is 16.8 Å². The van der Waals surface area contributed by atoms with Crippen LogP contribution in [0.3, 0.4) is 0 Å². The Bertz CT molecular complexity index is 1090. The van der Waals surface area contributed by atoms with Crippen molar-refractivity contribution in [2.45, 2.75) is 19.8 Å². The number of ether oxygens (including phenoxy) is 1. The molecule has 2 heterocycles. The maximum Gasteiger partial charge on any atom is 0.313 e. The van der Waals surface area contributed by atoms with Crippen molar-refractivity contribution in [1.82, 2.24) is 19.8 Å². The number of rotatable bonds is 6. The third-order valence-electron chi connectivity index (χ3n) is 4.43. The van der Waals surface area contributed by atoms with Crippen LogP contribution >= 0.6 is 0 Å². The molecule has 28 heavy (non-hydrogen) atoms. The maximum absolute atomic E-state index is 12.0. The second-order valence-corrected chi connectivity index (χ2v) is 6.42. The number of benzene rings is 2. The van der Waals surface area contributed by atoms with E-state index in [1.165, 1.54) is 5.56 Å². The zero-order valence-corrected chi connectivity index (χ0v) is 15.6. The second kappa shape index (κ2) is 8.00. The van der Waals surface area contributed by atoms with Gasteiger partial charge in [-0.05, 0) is 18.6 Å². The number of aromatic nitrogens is 4. The number of hydrogen-bond donors (Lipinski definition) is 0. The Balaban J connectivity index is 1.82. The molecule has 140 valence electrons. The Kier molecular flexibility index (Phi) is 5.10.